The summed E-state index contributed by atoms with van der Waals surface area (Å²) in [6, 6.07) is 19.5. The molecule has 0 saturated heterocycles. The standard InChI is InChI=1S/C17H20/c1-13(2)14(3)15-9-11-17(12-10-15)16-7-5-4-6-8-16/h4-14H,1-3H3/t14-/m0/s1. The van der Waals surface area contributed by atoms with Crippen molar-refractivity contribution >= 4 is 0 Å². The van der Waals surface area contributed by atoms with Crippen LogP contribution in [0.3, 0.4) is 0 Å². The molecule has 0 bridgehead atoms. The molecule has 2 aromatic rings. The van der Waals surface area contributed by atoms with Gasteiger partial charge in [-0.1, -0.05) is 75.4 Å². The highest BCUT2D eigenvalue weighted by Crippen LogP contribution is 2.26. The summed E-state index contributed by atoms with van der Waals surface area (Å²) in [5, 5.41) is 0. The van der Waals surface area contributed by atoms with Gasteiger partial charge in [-0.15, -0.1) is 0 Å². The predicted octanol–water partition coefficient (Wildman–Crippen LogP) is 5.11. The molecule has 0 heterocycles. The molecule has 0 aliphatic heterocycles. The van der Waals surface area contributed by atoms with E-state index in [0.29, 0.717) is 11.8 Å². The van der Waals surface area contributed by atoms with Gasteiger partial charge in [0.25, 0.3) is 0 Å². The second-order valence-corrected chi connectivity index (χ2v) is 5.02. The van der Waals surface area contributed by atoms with E-state index in [4.69, 9.17) is 0 Å². The lowest BCUT2D eigenvalue weighted by molar-refractivity contribution is 0.535. The lowest BCUT2D eigenvalue weighted by Crippen LogP contribution is -2.01. The van der Waals surface area contributed by atoms with Gasteiger partial charge in [-0.05, 0) is 28.5 Å². The summed E-state index contributed by atoms with van der Waals surface area (Å²) >= 11 is 0. The molecule has 0 N–H and O–H groups in total. The molecule has 0 heteroatoms. The Morgan fingerprint density at radius 2 is 1.18 bits per heavy atom. The van der Waals surface area contributed by atoms with Gasteiger partial charge in [0.15, 0.2) is 0 Å². The van der Waals surface area contributed by atoms with Gasteiger partial charge in [-0.25, -0.2) is 0 Å². The molecule has 0 fully saturated rings. The maximum atomic E-state index is 2.29. The molecule has 0 unspecified atom stereocenters. The third kappa shape index (κ3) is 2.76. The molecule has 0 aromatic heterocycles. The topological polar surface area (TPSA) is 0 Å². The summed E-state index contributed by atoms with van der Waals surface area (Å²) < 4.78 is 0. The molecular formula is C17H20. The van der Waals surface area contributed by atoms with Crippen molar-refractivity contribution in [1.29, 1.82) is 0 Å². The van der Waals surface area contributed by atoms with Gasteiger partial charge in [0.1, 0.15) is 0 Å². The smallest absolute Gasteiger partial charge is 0.0167 e. The summed E-state index contributed by atoms with van der Waals surface area (Å²) in [5.41, 5.74) is 4.02. The first kappa shape index (κ1) is 11.9. The zero-order valence-corrected chi connectivity index (χ0v) is 10.9. The highest BCUT2D eigenvalue weighted by Gasteiger charge is 2.09. The summed E-state index contributed by atoms with van der Waals surface area (Å²) in [5.74, 6) is 1.32. The Labute approximate surface area is 104 Å². The van der Waals surface area contributed by atoms with Crippen LogP contribution in [0.25, 0.3) is 11.1 Å². The Kier molecular flexibility index (Phi) is 3.63. The van der Waals surface area contributed by atoms with Crippen molar-refractivity contribution in [1.82, 2.24) is 0 Å². The van der Waals surface area contributed by atoms with E-state index in [0.717, 1.165) is 0 Å². The van der Waals surface area contributed by atoms with Gasteiger partial charge >= 0.3 is 0 Å². The van der Waals surface area contributed by atoms with Crippen LogP contribution in [0.2, 0.25) is 0 Å². The number of hydrogen-bond acceptors (Lipinski definition) is 0. The monoisotopic (exact) mass is 224 g/mol. The molecule has 0 radical (unpaired) electrons. The third-order valence-corrected chi connectivity index (χ3v) is 3.54. The first-order valence-corrected chi connectivity index (χ1v) is 6.34. The van der Waals surface area contributed by atoms with Gasteiger partial charge in [0.2, 0.25) is 0 Å². The average molecular weight is 224 g/mol. The van der Waals surface area contributed by atoms with Crippen LogP contribution in [0.5, 0.6) is 0 Å². The minimum Gasteiger partial charge on any atom is -0.0622 e. The lowest BCUT2D eigenvalue weighted by Gasteiger charge is -2.16. The van der Waals surface area contributed by atoms with Crippen LogP contribution in [0.1, 0.15) is 32.3 Å². The van der Waals surface area contributed by atoms with Crippen LogP contribution in [0, 0.1) is 5.92 Å². The van der Waals surface area contributed by atoms with Crippen molar-refractivity contribution in [3.05, 3.63) is 60.2 Å². The fraction of sp³-hybridized carbons (Fsp3) is 0.294. The average Bonchev–Trinajstić information content (AvgIpc) is 2.39. The molecule has 0 nitrogen and oxygen atoms in total. The van der Waals surface area contributed by atoms with Crippen molar-refractivity contribution in [2.45, 2.75) is 26.7 Å². The van der Waals surface area contributed by atoms with E-state index in [-0.39, 0.29) is 0 Å². The van der Waals surface area contributed by atoms with E-state index in [1.807, 2.05) is 0 Å². The van der Waals surface area contributed by atoms with Gasteiger partial charge in [0, 0.05) is 0 Å². The highest BCUT2D eigenvalue weighted by molar-refractivity contribution is 5.63. The number of rotatable bonds is 3. The maximum Gasteiger partial charge on any atom is -0.0167 e. The fourth-order valence-electron chi connectivity index (χ4n) is 1.99. The Bertz CT molecular complexity index is 451. The van der Waals surface area contributed by atoms with Crippen molar-refractivity contribution in [3.8, 4) is 11.1 Å². The Hall–Kier alpha value is -1.56. The van der Waals surface area contributed by atoms with Gasteiger partial charge in [-0.3, -0.25) is 0 Å². The number of benzene rings is 2. The molecule has 2 rings (SSSR count). The van der Waals surface area contributed by atoms with E-state index < -0.39 is 0 Å². The van der Waals surface area contributed by atoms with Gasteiger partial charge in [0.05, 0.1) is 0 Å². The van der Waals surface area contributed by atoms with Crippen LogP contribution in [0.15, 0.2) is 54.6 Å². The van der Waals surface area contributed by atoms with E-state index in [1.165, 1.54) is 16.7 Å². The quantitative estimate of drug-likeness (QED) is 0.679. The third-order valence-electron chi connectivity index (χ3n) is 3.54. The Morgan fingerprint density at radius 3 is 1.71 bits per heavy atom. The van der Waals surface area contributed by atoms with E-state index in [1.54, 1.807) is 0 Å². The molecule has 0 spiro atoms. The van der Waals surface area contributed by atoms with Crippen LogP contribution in [-0.2, 0) is 0 Å². The minimum absolute atomic E-state index is 0.625. The van der Waals surface area contributed by atoms with E-state index >= 15 is 0 Å². The van der Waals surface area contributed by atoms with Crippen molar-refractivity contribution in [3.63, 3.8) is 0 Å². The van der Waals surface area contributed by atoms with Gasteiger partial charge in [-0.2, -0.15) is 0 Å². The fourth-order valence-corrected chi connectivity index (χ4v) is 1.99. The highest BCUT2D eigenvalue weighted by atomic mass is 14.1. The van der Waals surface area contributed by atoms with Gasteiger partial charge < -0.3 is 0 Å². The molecule has 0 saturated carbocycles. The Balaban J connectivity index is 2.25. The molecule has 1 atom stereocenters. The van der Waals surface area contributed by atoms with Crippen LogP contribution >= 0.6 is 0 Å². The lowest BCUT2D eigenvalue weighted by atomic mass is 9.89. The zero-order chi connectivity index (χ0) is 12.3. The summed E-state index contributed by atoms with van der Waals surface area (Å²) in [6.07, 6.45) is 0. The largest absolute Gasteiger partial charge is 0.0622 e. The zero-order valence-electron chi connectivity index (χ0n) is 10.9. The van der Waals surface area contributed by atoms with Crippen LogP contribution in [0.4, 0.5) is 0 Å². The Morgan fingerprint density at radius 1 is 0.647 bits per heavy atom. The first-order chi connectivity index (χ1) is 8.18. The first-order valence-electron chi connectivity index (χ1n) is 6.34. The van der Waals surface area contributed by atoms with Crippen molar-refractivity contribution in [2.24, 2.45) is 5.92 Å². The molecule has 17 heavy (non-hydrogen) atoms. The molecule has 2 aromatic carbocycles. The molecule has 0 amide bonds. The summed E-state index contributed by atoms with van der Waals surface area (Å²) in [4.78, 5) is 0. The molecule has 0 aliphatic rings. The van der Waals surface area contributed by atoms with Crippen molar-refractivity contribution in [2.75, 3.05) is 0 Å². The SMILES string of the molecule is CC(C)[C@H](C)c1ccc(-c2ccccc2)cc1. The van der Waals surface area contributed by atoms with Crippen molar-refractivity contribution < 1.29 is 0 Å². The summed E-state index contributed by atoms with van der Waals surface area (Å²) in [7, 11) is 0. The minimum atomic E-state index is 0.625. The molecule has 0 aliphatic carbocycles. The summed E-state index contributed by atoms with van der Waals surface area (Å²) in [6.45, 7) is 6.84. The van der Waals surface area contributed by atoms with E-state index in [2.05, 4.69) is 75.4 Å². The molecule has 88 valence electrons. The van der Waals surface area contributed by atoms with Crippen LogP contribution < -0.4 is 0 Å². The van der Waals surface area contributed by atoms with Crippen LogP contribution in [-0.4, -0.2) is 0 Å². The predicted molar refractivity (Wildman–Crippen MR) is 75.1 cm³/mol. The second kappa shape index (κ2) is 5.18. The maximum absolute atomic E-state index is 2.29. The van der Waals surface area contributed by atoms with E-state index in [9.17, 15) is 0 Å². The second-order valence-electron chi connectivity index (χ2n) is 5.02. The number of hydrogen-bond donors (Lipinski definition) is 0. The molecular weight excluding hydrogens is 204 g/mol. The normalized spacial score (nSPS) is 12.7.